The molecule has 1 saturated heterocycles. The SMILES string of the molecule is O=C(CC[NH+]1CCN(c2ccccc2)CC1)NNC(=O)COc1cccc(F)c1. The summed E-state index contributed by atoms with van der Waals surface area (Å²) in [6.07, 6.45) is 0.325. The van der Waals surface area contributed by atoms with Gasteiger partial charge >= 0.3 is 0 Å². The van der Waals surface area contributed by atoms with Crippen LogP contribution in [0.1, 0.15) is 6.42 Å². The minimum Gasteiger partial charge on any atom is -0.484 e. The molecule has 1 aliphatic rings. The molecule has 3 rings (SSSR count). The highest BCUT2D eigenvalue weighted by Crippen LogP contribution is 2.12. The van der Waals surface area contributed by atoms with E-state index in [1.54, 1.807) is 6.07 Å². The number of anilines is 1. The monoisotopic (exact) mass is 401 g/mol. The van der Waals surface area contributed by atoms with Gasteiger partial charge in [-0.05, 0) is 24.3 Å². The number of amides is 2. The van der Waals surface area contributed by atoms with Gasteiger partial charge in [-0.3, -0.25) is 20.4 Å². The molecule has 0 aromatic heterocycles. The van der Waals surface area contributed by atoms with E-state index in [0.29, 0.717) is 13.0 Å². The van der Waals surface area contributed by atoms with Crippen LogP contribution in [-0.4, -0.2) is 51.1 Å². The highest BCUT2D eigenvalue weighted by molar-refractivity contribution is 5.82. The molecule has 2 aromatic rings. The van der Waals surface area contributed by atoms with Crippen LogP contribution in [-0.2, 0) is 9.59 Å². The number of benzene rings is 2. The molecule has 0 radical (unpaired) electrons. The van der Waals surface area contributed by atoms with Crippen molar-refractivity contribution >= 4 is 17.5 Å². The van der Waals surface area contributed by atoms with E-state index in [2.05, 4.69) is 27.9 Å². The van der Waals surface area contributed by atoms with Gasteiger partial charge < -0.3 is 14.5 Å². The fourth-order valence-electron chi connectivity index (χ4n) is 3.20. The van der Waals surface area contributed by atoms with Crippen LogP contribution >= 0.6 is 0 Å². The first kappa shape index (κ1) is 20.6. The van der Waals surface area contributed by atoms with Crippen molar-refractivity contribution < 1.29 is 23.6 Å². The summed E-state index contributed by atoms with van der Waals surface area (Å²) >= 11 is 0. The van der Waals surface area contributed by atoms with Crippen LogP contribution in [0.2, 0.25) is 0 Å². The van der Waals surface area contributed by atoms with Gasteiger partial charge in [0.05, 0.1) is 39.1 Å². The van der Waals surface area contributed by atoms with Crippen molar-refractivity contribution in [3.8, 4) is 5.75 Å². The molecule has 154 valence electrons. The van der Waals surface area contributed by atoms with Crippen molar-refractivity contribution in [2.75, 3.05) is 44.2 Å². The van der Waals surface area contributed by atoms with Crippen molar-refractivity contribution in [1.82, 2.24) is 10.9 Å². The molecule has 0 saturated carbocycles. The van der Waals surface area contributed by atoms with Crippen molar-refractivity contribution in [3.05, 3.63) is 60.4 Å². The van der Waals surface area contributed by atoms with Gasteiger partial charge in [0.25, 0.3) is 5.91 Å². The third-order valence-electron chi connectivity index (χ3n) is 4.80. The molecule has 0 spiro atoms. The molecule has 8 heteroatoms. The molecule has 0 aliphatic carbocycles. The number of nitrogens with one attached hydrogen (secondary N) is 3. The topological polar surface area (TPSA) is 75.1 Å². The lowest BCUT2D eigenvalue weighted by Crippen LogP contribution is -3.15. The minimum absolute atomic E-state index is 0.248. The summed E-state index contributed by atoms with van der Waals surface area (Å²) < 4.78 is 18.2. The highest BCUT2D eigenvalue weighted by atomic mass is 19.1. The Hall–Kier alpha value is -3.13. The molecule has 2 aromatic carbocycles. The van der Waals surface area contributed by atoms with E-state index in [1.165, 1.54) is 28.8 Å². The van der Waals surface area contributed by atoms with Crippen molar-refractivity contribution in [2.24, 2.45) is 0 Å². The van der Waals surface area contributed by atoms with Gasteiger partial charge in [0.2, 0.25) is 5.91 Å². The molecular formula is C21H26FN4O3+. The largest absolute Gasteiger partial charge is 0.484 e. The van der Waals surface area contributed by atoms with E-state index < -0.39 is 11.7 Å². The predicted octanol–water partition coefficient (Wildman–Crippen LogP) is 0.147. The summed E-state index contributed by atoms with van der Waals surface area (Å²) in [7, 11) is 0. The third-order valence-corrected chi connectivity index (χ3v) is 4.80. The summed E-state index contributed by atoms with van der Waals surface area (Å²) in [5.74, 6) is -0.943. The van der Waals surface area contributed by atoms with E-state index in [4.69, 9.17) is 4.74 Å². The molecule has 1 fully saturated rings. The van der Waals surface area contributed by atoms with Gasteiger partial charge in [0.1, 0.15) is 11.6 Å². The number of carbonyl (C=O) groups excluding carboxylic acids is 2. The number of para-hydroxylation sites is 1. The second-order valence-electron chi connectivity index (χ2n) is 6.91. The molecule has 2 amide bonds. The number of piperazine rings is 1. The van der Waals surface area contributed by atoms with E-state index >= 15 is 0 Å². The number of hydrazine groups is 1. The average Bonchev–Trinajstić information content (AvgIpc) is 2.76. The van der Waals surface area contributed by atoms with E-state index in [9.17, 15) is 14.0 Å². The zero-order chi connectivity index (χ0) is 20.5. The van der Waals surface area contributed by atoms with Gasteiger partial charge in [-0.25, -0.2) is 4.39 Å². The van der Waals surface area contributed by atoms with Crippen molar-refractivity contribution in [1.29, 1.82) is 0 Å². The molecule has 1 aliphatic heterocycles. The maximum atomic E-state index is 13.0. The number of ether oxygens (including phenoxy) is 1. The van der Waals surface area contributed by atoms with E-state index in [1.807, 2.05) is 18.2 Å². The molecule has 3 N–H and O–H groups in total. The normalized spacial score (nSPS) is 14.3. The fraction of sp³-hybridized carbons (Fsp3) is 0.333. The minimum atomic E-state index is -0.508. The molecule has 0 bridgehead atoms. The van der Waals surface area contributed by atoms with Gasteiger partial charge in [-0.1, -0.05) is 24.3 Å². The highest BCUT2D eigenvalue weighted by Gasteiger charge is 2.20. The summed E-state index contributed by atoms with van der Waals surface area (Å²) in [5, 5.41) is 0. The van der Waals surface area contributed by atoms with Crippen LogP contribution in [0, 0.1) is 5.82 Å². The zero-order valence-corrected chi connectivity index (χ0v) is 16.2. The molecule has 29 heavy (non-hydrogen) atoms. The first-order chi connectivity index (χ1) is 14.1. The molecule has 7 nitrogen and oxygen atoms in total. The van der Waals surface area contributed by atoms with Crippen LogP contribution in [0.5, 0.6) is 5.75 Å². The lowest BCUT2D eigenvalue weighted by Gasteiger charge is -2.33. The quantitative estimate of drug-likeness (QED) is 0.578. The summed E-state index contributed by atoms with van der Waals surface area (Å²) in [6.45, 7) is 4.25. The Balaban J connectivity index is 1.29. The Kier molecular flexibility index (Phi) is 7.40. The summed E-state index contributed by atoms with van der Waals surface area (Å²) in [4.78, 5) is 27.4. The van der Waals surface area contributed by atoms with Crippen LogP contribution < -0.4 is 25.4 Å². The predicted molar refractivity (Wildman–Crippen MR) is 107 cm³/mol. The third kappa shape index (κ3) is 6.76. The van der Waals surface area contributed by atoms with E-state index in [-0.39, 0.29) is 18.3 Å². The number of hydrogen-bond acceptors (Lipinski definition) is 4. The number of hydrogen-bond donors (Lipinski definition) is 3. The van der Waals surface area contributed by atoms with Crippen LogP contribution in [0.15, 0.2) is 54.6 Å². The fourth-order valence-corrected chi connectivity index (χ4v) is 3.20. The Labute approximate surface area is 169 Å². The van der Waals surface area contributed by atoms with Crippen LogP contribution in [0.3, 0.4) is 0 Å². The maximum absolute atomic E-state index is 13.0. The van der Waals surface area contributed by atoms with Crippen molar-refractivity contribution in [3.63, 3.8) is 0 Å². The number of rotatable bonds is 7. The Bertz CT molecular complexity index is 811. The van der Waals surface area contributed by atoms with Gasteiger partial charge in [0, 0.05) is 11.8 Å². The maximum Gasteiger partial charge on any atom is 0.276 e. The lowest BCUT2D eigenvalue weighted by molar-refractivity contribution is -0.900. The molecule has 0 atom stereocenters. The number of quaternary nitrogens is 1. The first-order valence-electron chi connectivity index (χ1n) is 9.70. The molecule has 1 heterocycles. The number of nitrogens with zero attached hydrogens (tertiary/aromatic N) is 1. The molecular weight excluding hydrogens is 375 g/mol. The van der Waals surface area contributed by atoms with Gasteiger partial charge in [-0.2, -0.15) is 0 Å². The smallest absolute Gasteiger partial charge is 0.276 e. The standard InChI is InChI=1S/C21H25FN4O3/c22-17-5-4-8-19(15-17)29-16-21(28)24-23-20(27)9-10-25-11-13-26(14-12-25)18-6-2-1-3-7-18/h1-8,15H,9-14,16H2,(H,23,27)(H,24,28)/p+1. The second-order valence-corrected chi connectivity index (χ2v) is 6.91. The van der Waals surface area contributed by atoms with Crippen molar-refractivity contribution in [2.45, 2.75) is 6.42 Å². The average molecular weight is 401 g/mol. The van der Waals surface area contributed by atoms with Crippen LogP contribution in [0.4, 0.5) is 10.1 Å². The number of halogens is 1. The Morgan fingerprint density at radius 2 is 1.72 bits per heavy atom. The van der Waals surface area contributed by atoms with Crippen LogP contribution in [0.25, 0.3) is 0 Å². The molecule has 0 unspecified atom stereocenters. The number of carbonyl (C=O) groups is 2. The zero-order valence-electron chi connectivity index (χ0n) is 16.2. The van der Waals surface area contributed by atoms with Gasteiger partial charge in [0.15, 0.2) is 6.61 Å². The summed E-state index contributed by atoms with van der Waals surface area (Å²) in [5.41, 5.74) is 5.93. The Morgan fingerprint density at radius 1 is 1.00 bits per heavy atom. The second kappa shape index (κ2) is 10.4. The van der Waals surface area contributed by atoms with Gasteiger partial charge in [-0.15, -0.1) is 0 Å². The lowest BCUT2D eigenvalue weighted by atomic mass is 10.2. The summed E-state index contributed by atoms with van der Waals surface area (Å²) in [6, 6.07) is 15.8. The van der Waals surface area contributed by atoms with E-state index in [0.717, 1.165) is 26.2 Å². The Morgan fingerprint density at radius 3 is 2.45 bits per heavy atom. The first-order valence-corrected chi connectivity index (χ1v) is 9.70.